The maximum Gasteiger partial charge on any atom is 0.260 e. The number of hydrogen-bond acceptors (Lipinski definition) is 4. The molecule has 0 saturated heterocycles. The lowest BCUT2D eigenvalue weighted by molar-refractivity contribution is -0.134. The molecule has 1 aromatic carbocycles. The van der Waals surface area contributed by atoms with Gasteiger partial charge in [-0.2, -0.15) is 0 Å². The van der Waals surface area contributed by atoms with Crippen molar-refractivity contribution in [3.05, 3.63) is 57.9 Å². The number of amides is 1. The summed E-state index contributed by atoms with van der Waals surface area (Å²) in [4.78, 5) is 20.3. The van der Waals surface area contributed by atoms with Crippen LogP contribution in [0.25, 0.3) is 10.9 Å². The molecule has 2 aromatic heterocycles. The summed E-state index contributed by atoms with van der Waals surface area (Å²) in [5.74, 6) is 0.689. The third-order valence-corrected chi connectivity index (χ3v) is 5.36. The van der Waals surface area contributed by atoms with E-state index in [-0.39, 0.29) is 12.5 Å². The van der Waals surface area contributed by atoms with Gasteiger partial charge in [0, 0.05) is 29.0 Å². The standard InChI is InChI=1S/C19H18N2O2S/c1-13-5-6-14-3-2-4-16(19(14)20-13)23-12-18(22)21-9-7-17-15(11-21)8-10-24-17/h2-6,8,10H,7,9,11-12H2,1H3. The van der Waals surface area contributed by atoms with Crippen molar-refractivity contribution < 1.29 is 9.53 Å². The lowest BCUT2D eigenvalue weighted by Gasteiger charge is -2.27. The number of para-hydroxylation sites is 1. The maximum absolute atomic E-state index is 12.5. The van der Waals surface area contributed by atoms with Gasteiger partial charge in [-0.3, -0.25) is 4.79 Å². The van der Waals surface area contributed by atoms with Gasteiger partial charge in [-0.05, 0) is 42.5 Å². The highest BCUT2D eigenvalue weighted by Gasteiger charge is 2.21. The topological polar surface area (TPSA) is 42.4 Å². The highest BCUT2D eigenvalue weighted by atomic mass is 32.1. The second-order valence-corrected chi connectivity index (χ2v) is 7.00. The minimum Gasteiger partial charge on any atom is -0.481 e. The minimum atomic E-state index is 0.0245. The van der Waals surface area contributed by atoms with E-state index in [4.69, 9.17) is 4.74 Å². The number of fused-ring (bicyclic) bond motifs is 2. The molecule has 5 heteroatoms. The number of carbonyl (C=O) groups excluding carboxylic acids is 1. The number of carbonyl (C=O) groups is 1. The fraction of sp³-hybridized carbons (Fsp3) is 0.263. The van der Waals surface area contributed by atoms with Gasteiger partial charge in [-0.1, -0.05) is 18.2 Å². The second-order valence-electron chi connectivity index (χ2n) is 6.00. The van der Waals surface area contributed by atoms with Crippen LogP contribution in [0, 0.1) is 6.92 Å². The molecule has 1 amide bonds. The number of pyridine rings is 1. The zero-order valence-corrected chi connectivity index (χ0v) is 14.3. The summed E-state index contributed by atoms with van der Waals surface area (Å²) in [5, 5.41) is 3.12. The van der Waals surface area contributed by atoms with Crippen LogP contribution in [0.4, 0.5) is 0 Å². The SMILES string of the molecule is Cc1ccc2cccc(OCC(=O)N3CCc4sccc4C3)c2n1. The van der Waals surface area contributed by atoms with Crippen molar-refractivity contribution in [3.8, 4) is 5.75 Å². The van der Waals surface area contributed by atoms with Gasteiger partial charge in [0.2, 0.25) is 0 Å². The molecule has 0 aliphatic carbocycles. The molecule has 0 N–H and O–H groups in total. The Morgan fingerprint density at radius 1 is 1.29 bits per heavy atom. The molecule has 1 aliphatic heterocycles. The molecule has 0 spiro atoms. The Bertz CT molecular complexity index is 903. The van der Waals surface area contributed by atoms with Gasteiger partial charge >= 0.3 is 0 Å². The van der Waals surface area contributed by atoms with Gasteiger partial charge in [0.15, 0.2) is 6.61 Å². The summed E-state index contributed by atoms with van der Waals surface area (Å²) in [5.41, 5.74) is 3.01. The Balaban J connectivity index is 1.47. The average Bonchev–Trinajstić information content (AvgIpc) is 3.07. The molecular weight excluding hydrogens is 320 g/mol. The van der Waals surface area contributed by atoms with Crippen LogP contribution in [0.3, 0.4) is 0 Å². The quantitative estimate of drug-likeness (QED) is 0.733. The maximum atomic E-state index is 12.5. The van der Waals surface area contributed by atoms with Crippen LogP contribution in [-0.4, -0.2) is 28.9 Å². The van der Waals surface area contributed by atoms with E-state index in [2.05, 4.69) is 16.4 Å². The predicted molar refractivity (Wildman–Crippen MR) is 95.4 cm³/mol. The fourth-order valence-electron chi connectivity index (χ4n) is 3.03. The van der Waals surface area contributed by atoms with E-state index in [1.165, 1.54) is 10.4 Å². The molecule has 122 valence electrons. The Kier molecular flexibility index (Phi) is 3.94. The average molecular weight is 338 g/mol. The monoisotopic (exact) mass is 338 g/mol. The third-order valence-electron chi connectivity index (χ3n) is 4.33. The molecular formula is C19H18N2O2S. The zero-order chi connectivity index (χ0) is 16.5. The summed E-state index contributed by atoms with van der Waals surface area (Å²) < 4.78 is 5.81. The van der Waals surface area contributed by atoms with Gasteiger partial charge < -0.3 is 9.64 Å². The molecule has 0 saturated carbocycles. The summed E-state index contributed by atoms with van der Waals surface area (Å²) in [6.07, 6.45) is 0.938. The van der Waals surface area contributed by atoms with E-state index >= 15 is 0 Å². The number of hydrogen-bond donors (Lipinski definition) is 0. The van der Waals surface area contributed by atoms with E-state index in [1.54, 1.807) is 11.3 Å². The first-order chi connectivity index (χ1) is 11.7. The number of nitrogens with zero attached hydrogens (tertiary/aromatic N) is 2. The highest BCUT2D eigenvalue weighted by Crippen LogP contribution is 2.26. The zero-order valence-electron chi connectivity index (χ0n) is 13.5. The third kappa shape index (κ3) is 2.87. The van der Waals surface area contributed by atoms with E-state index < -0.39 is 0 Å². The number of benzene rings is 1. The highest BCUT2D eigenvalue weighted by molar-refractivity contribution is 7.10. The Morgan fingerprint density at radius 3 is 3.12 bits per heavy atom. The Hall–Kier alpha value is -2.40. The van der Waals surface area contributed by atoms with E-state index in [0.717, 1.165) is 29.6 Å². The molecule has 0 atom stereocenters. The molecule has 0 fully saturated rings. The molecule has 0 unspecified atom stereocenters. The van der Waals surface area contributed by atoms with Crippen LogP contribution >= 0.6 is 11.3 Å². The summed E-state index contributed by atoms with van der Waals surface area (Å²) in [6, 6.07) is 11.9. The molecule has 0 radical (unpaired) electrons. The molecule has 4 nitrogen and oxygen atoms in total. The Labute approximate surface area is 144 Å². The normalized spacial score (nSPS) is 13.8. The van der Waals surface area contributed by atoms with Crippen LogP contribution < -0.4 is 4.74 Å². The molecule has 1 aliphatic rings. The van der Waals surface area contributed by atoms with E-state index in [0.29, 0.717) is 12.3 Å². The number of ether oxygens (including phenoxy) is 1. The van der Waals surface area contributed by atoms with Crippen molar-refractivity contribution in [2.75, 3.05) is 13.2 Å². The summed E-state index contributed by atoms with van der Waals surface area (Å²) in [7, 11) is 0. The van der Waals surface area contributed by atoms with Crippen LogP contribution in [0.5, 0.6) is 5.75 Å². The van der Waals surface area contributed by atoms with Crippen molar-refractivity contribution in [1.29, 1.82) is 0 Å². The number of aromatic nitrogens is 1. The molecule has 0 bridgehead atoms. The largest absolute Gasteiger partial charge is 0.481 e. The van der Waals surface area contributed by atoms with Crippen LogP contribution in [-0.2, 0) is 17.8 Å². The van der Waals surface area contributed by atoms with Gasteiger partial charge in [0.05, 0.1) is 0 Å². The van der Waals surface area contributed by atoms with Crippen molar-refractivity contribution >= 4 is 28.1 Å². The second kappa shape index (κ2) is 6.24. The van der Waals surface area contributed by atoms with Crippen molar-refractivity contribution in [2.45, 2.75) is 19.9 Å². The van der Waals surface area contributed by atoms with Crippen molar-refractivity contribution in [3.63, 3.8) is 0 Å². The van der Waals surface area contributed by atoms with Gasteiger partial charge in [0.25, 0.3) is 5.91 Å². The van der Waals surface area contributed by atoms with E-state index in [1.807, 2.05) is 42.2 Å². The summed E-state index contributed by atoms with van der Waals surface area (Å²) >= 11 is 1.77. The van der Waals surface area contributed by atoms with Gasteiger partial charge in [-0.25, -0.2) is 4.98 Å². The minimum absolute atomic E-state index is 0.0245. The first-order valence-corrected chi connectivity index (χ1v) is 8.91. The first-order valence-electron chi connectivity index (χ1n) is 8.03. The predicted octanol–water partition coefficient (Wildman–Crippen LogP) is 3.57. The number of thiophene rings is 1. The van der Waals surface area contributed by atoms with Crippen LogP contribution in [0.1, 0.15) is 16.1 Å². The molecule has 24 heavy (non-hydrogen) atoms. The smallest absolute Gasteiger partial charge is 0.260 e. The van der Waals surface area contributed by atoms with Crippen molar-refractivity contribution in [2.24, 2.45) is 0 Å². The van der Waals surface area contributed by atoms with Crippen molar-refractivity contribution in [1.82, 2.24) is 9.88 Å². The fourth-order valence-corrected chi connectivity index (χ4v) is 3.92. The first kappa shape index (κ1) is 15.1. The van der Waals surface area contributed by atoms with Crippen LogP contribution in [0.2, 0.25) is 0 Å². The molecule has 3 aromatic rings. The van der Waals surface area contributed by atoms with Gasteiger partial charge in [0.1, 0.15) is 11.3 Å². The van der Waals surface area contributed by atoms with Crippen LogP contribution in [0.15, 0.2) is 41.8 Å². The molecule has 4 rings (SSSR count). The Morgan fingerprint density at radius 2 is 2.21 bits per heavy atom. The van der Waals surface area contributed by atoms with Gasteiger partial charge in [-0.15, -0.1) is 11.3 Å². The molecule has 3 heterocycles. The number of rotatable bonds is 3. The number of aryl methyl sites for hydroxylation is 1. The summed E-state index contributed by atoms with van der Waals surface area (Å²) in [6.45, 7) is 3.46. The lowest BCUT2D eigenvalue weighted by atomic mass is 10.1. The van der Waals surface area contributed by atoms with E-state index in [9.17, 15) is 4.79 Å². The lowest BCUT2D eigenvalue weighted by Crippen LogP contribution is -2.38.